The Morgan fingerprint density at radius 3 is 2.68 bits per heavy atom. The third-order valence-corrected chi connectivity index (χ3v) is 4.87. The first kappa shape index (κ1) is 17.8. The molecular formula is C20H28N2O3. The molecule has 1 N–H and O–H groups in total. The molecule has 0 spiro atoms. The van der Waals surface area contributed by atoms with E-state index in [1.165, 1.54) is 11.1 Å². The van der Waals surface area contributed by atoms with Crippen LogP contribution in [0, 0.1) is 0 Å². The van der Waals surface area contributed by atoms with Crippen LogP contribution in [0.2, 0.25) is 0 Å². The van der Waals surface area contributed by atoms with Crippen molar-refractivity contribution in [3.05, 3.63) is 35.4 Å². The van der Waals surface area contributed by atoms with Gasteiger partial charge in [0.2, 0.25) is 5.91 Å². The number of hydrogen-bond donors (Lipinski definition) is 1. The molecule has 5 nitrogen and oxygen atoms in total. The van der Waals surface area contributed by atoms with Crippen LogP contribution >= 0.6 is 0 Å². The fourth-order valence-electron chi connectivity index (χ4n) is 3.75. The summed E-state index contributed by atoms with van der Waals surface area (Å²) in [5.41, 5.74) is 1.97. The lowest BCUT2D eigenvalue weighted by Gasteiger charge is -2.31. The summed E-state index contributed by atoms with van der Waals surface area (Å²) < 4.78 is 5.46. The van der Waals surface area contributed by atoms with E-state index in [1.54, 1.807) is 4.90 Å². The lowest BCUT2D eigenvalue weighted by molar-refractivity contribution is -0.126. The molecule has 136 valence electrons. The Kier molecular flexibility index (Phi) is 5.02. The summed E-state index contributed by atoms with van der Waals surface area (Å²) in [6.07, 6.45) is 4.22. The first-order valence-electron chi connectivity index (χ1n) is 9.23. The fraction of sp³-hybridized carbons (Fsp3) is 0.600. The number of carbonyl (C=O) groups is 2. The molecule has 1 aromatic rings. The zero-order valence-corrected chi connectivity index (χ0v) is 15.4. The summed E-state index contributed by atoms with van der Waals surface area (Å²) >= 11 is 0. The van der Waals surface area contributed by atoms with E-state index in [-0.39, 0.29) is 11.9 Å². The average Bonchev–Trinajstić information content (AvgIpc) is 3.03. The van der Waals surface area contributed by atoms with Gasteiger partial charge in [0.15, 0.2) is 0 Å². The Morgan fingerprint density at radius 2 is 1.92 bits per heavy atom. The number of aryl methyl sites for hydroxylation is 1. The molecule has 3 rings (SSSR count). The van der Waals surface area contributed by atoms with Crippen LogP contribution in [0.5, 0.6) is 0 Å². The van der Waals surface area contributed by atoms with Gasteiger partial charge in [-0.25, -0.2) is 4.79 Å². The highest BCUT2D eigenvalue weighted by atomic mass is 16.6. The molecule has 1 aromatic carbocycles. The number of carbonyl (C=O) groups excluding carboxylic acids is 2. The molecule has 2 aliphatic rings. The van der Waals surface area contributed by atoms with Crippen molar-refractivity contribution in [1.82, 2.24) is 10.2 Å². The molecule has 0 radical (unpaired) electrons. The zero-order chi connectivity index (χ0) is 18.0. The molecule has 0 saturated carbocycles. The summed E-state index contributed by atoms with van der Waals surface area (Å²) in [5, 5.41) is 3.18. The summed E-state index contributed by atoms with van der Waals surface area (Å²) in [6.45, 7) is 6.10. The van der Waals surface area contributed by atoms with Gasteiger partial charge in [0, 0.05) is 6.54 Å². The number of likely N-dealkylation sites (tertiary alicyclic amines) is 1. The van der Waals surface area contributed by atoms with Crippen molar-refractivity contribution in [3.8, 4) is 0 Å². The predicted octanol–water partition coefficient (Wildman–Crippen LogP) is 3.58. The van der Waals surface area contributed by atoms with Gasteiger partial charge in [0.1, 0.15) is 11.6 Å². The Hall–Kier alpha value is -2.04. The molecule has 1 aliphatic heterocycles. The number of amides is 2. The second-order valence-corrected chi connectivity index (χ2v) is 7.98. The minimum absolute atomic E-state index is 0.0403. The number of benzene rings is 1. The highest BCUT2D eigenvalue weighted by Gasteiger charge is 2.37. The van der Waals surface area contributed by atoms with Crippen LogP contribution in [0.1, 0.15) is 63.6 Å². The molecule has 0 bridgehead atoms. The van der Waals surface area contributed by atoms with Crippen molar-refractivity contribution in [2.45, 2.75) is 70.6 Å². The van der Waals surface area contributed by atoms with Crippen molar-refractivity contribution < 1.29 is 14.3 Å². The monoisotopic (exact) mass is 344 g/mol. The molecule has 2 amide bonds. The Bertz CT molecular complexity index is 651. The number of nitrogens with one attached hydrogen (secondary N) is 1. The maximum Gasteiger partial charge on any atom is 0.410 e. The average molecular weight is 344 g/mol. The van der Waals surface area contributed by atoms with Crippen molar-refractivity contribution in [3.63, 3.8) is 0 Å². The van der Waals surface area contributed by atoms with E-state index in [0.717, 1.165) is 25.7 Å². The SMILES string of the molecule is CC(C)(C)OC(=O)N1CCCC1C(=O)NC1CCCc2ccccc21. The minimum Gasteiger partial charge on any atom is -0.444 e. The Morgan fingerprint density at radius 1 is 1.16 bits per heavy atom. The lowest BCUT2D eigenvalue weighted by Crippen LogP contribution is -2.48. The van der Waals surface area contributed by atoms with E-state index >= 15 is 0 Å². The highest BCUT2D eigenvalue weighted by molar-refractivity contribution is 5.86. The summed E-state index contributed by atoms with van der Waals surface area (Å²) in [5.74, 6) is -0.0648. The van der Waals surface area contributed by atoms with Gasteiger partial charge >= 0.3 is 6.09 Å². The number of fused-ring (bicyclic) bond motifs is 1. The largest absolute Gasteiger partial charge is 0.444 e. The first-order chi connectivity index (χ1) is 11.8. The molecular weight excluding hydrogens is 316 g/mol. The third-order valence-electron chi connectivity index (χ3n) is 4.87. The second-order valence-electron chi connectivity index (χ2n) is 7.98. The number of ether oxygens (including phenoxy) is 1. The second kappa shape index (κ2) is 7.06. The van der Waals surface area contributed by atoms with Crippen LogP contribution in [-0.4, -0.2) is 35.1 Å². The van der Waals surface area contributed by atoms with Crippen LogP contribution in [0.15, 0.2) is 24.3 Å². The van der Waals surface area contributed by atoms with Crippen molar-refractivity contribution in [2.75, 3.05) is 6.54 Å². The molecule has 1 saturated heterocycles. The number of rotatable bonds is 2. The summed E-state index contributed by atoms with van der Waals surface area (Å²) in [4.78, 5) is 26.8. The highest BCUT2D eigenvalue weighted by Crippen LogP contribution is 2.30. The van der Waals surface area contributed by atoms with Crippen LogP contribution in [0.4, 0.5) is 4.79 Å². The normalized spacial score (nSPS) is 23.1. The van der Waals surface area contributed by atoms with Crippen molar-refractivity contribution in [1.29, 1.82) is 0 Å². The molecule has 25 heavy (non-hydrogen) atoms. The standard InChI is InChI=1S/C20H28N2O3/c1-20(2,3)25-19(24)22-13-7-12-17(22)18(23)21-16-11-6-9-14-8-4-5-10-15(14)16/h4-5,8,10,16-17H,6-7,9,11-13H2,1-3H3,(H,21,23). The van der Waals surface area contributed by atoms with E-state index < -0.39 is 17.7 Å². The summed E-state index contributed by atoms with van der Waals surface area (Å²) in [7, 11) is 0. The first-order valence-corrected chi connectivity index (χ1v) is 9.23. The van der Waals surface area contributed by atoms with Crippen molar-refractivity contribution in [2.24, 2.45) is 0 Å². The molecule has 2 unspecified atom stereocenters. The van der Waals surface area contributed by atoms with Crippen LogP contribution in [0.25, 0.3) is 0 Å². The van der Waals surface area contributed by atoms with E-state index in [2.05, 4.69) is 17.4 Å². The van der Waals surface area contributed by atoms with Gasteiger partial charge in [-0.15, -0.1) is 0 Å². The smallest absolute Gasteiger partial charge is 0.410 e. The number of hydrogen-bond acceptors (Lipinski definition) is 3. The number of nitrogens with zero attached hydrogens (tertiary/aromatic N) is 1. The Labute approximate surface area is 149 Å². The van der Waals surface area contributed by atoms with Crippen LogP contribution in [-0.2, 0) is 16.0 Å². The van der Waals surface area contributed by atoms with Crippen LogP contribution < -0.4 is 5.32 Å². The molecule has 0 aromatic heterocycles. The van der Waals surface area contributed by atoms with Gasteiger partial charge in [-0.3, -0.25) is 9.69 Å². The van der Waals surface area contributed by atoms with Gasteiger partial charge in [-0.1, -0.05) is 24.3 Å². The van der Waals surface area contributed by atoms with E-state index in [4.69, 9.17) is 4.74 Å². The maximum atomic E-state index is 12.8. The topological polar surface area (TPSA) is 58.6 Å². The molecule has 1 fully saturated rings. The summed E-state index contributed by atoms with van der Waals surface area (Å²) in [6, 6.07) is 7.91. The lowest BCUT2D eigenvalue weighted by atomic mass is 9.87. The molecule has 5 heteroatoms. The van der Waals surface area contributed by atoms with E-state index in [9.17, 15) is 9.59 Å². The van der Waals surface area contributed by atoms with Crippen LogP contribution in [0.3, 0.4) is 0 Å². The van der Waals surface area contributed by atoms with Gasteiger partial charge in [0.05, 0.1) is 6.04 Å². The molecule has 1 heterocycles. The van der Waals surface area contributed by atoms with Gasteiger partial charge < -0.3 is 10.1 Å². The predicted molar refractivity (Wildman–Crippen MR) is 96.2 cm³/mol. The van der Waals surface area contributed by atoms with Gasteiger partial charge in [0.25, 0.3) is 0 Å². The zero-order valence-electron chi connectivity index (χ0n) is 15.4. The quantitative estimate of drug-likeness (QED) is 0.892. The maximum absolute atomic E-state index is 12.8. The molecule has 2 atom stereocenters. The fourth-order valence-corrected chi connectivity index (χ4v) is 3.75. The van der Waals surface area contributed by atoms with E-state index in [1.807, 2.05) is 32.9 Å². The third kappa shape index (κ3) is 4.14. The van der Waals surface area contributed by atoms with Gasteiger partial charge in [-0.05, 0) is 64.0 Å². The minimum atomic E-state index is -0.553. The van der Waals surface area contributed by atoms with E-state index in [0.29, 0.717) is 13.0 Å². The Balaban J connectivity index is 1.68. The van der Waals surface area contributed by atoms with Gasteiger partial charge in [-0.2, -0.15) is 0 Å². The van der Waals surface area contributed by atoms with Crippen molar-refractivity contribution >= 4 is 12.0 Å². The molecule has 1 aliphatic carbocycles.